The number of unbranched alkanes of at least 4 members (excludes halogenated alkanes) is 2. The highest BCUT2D eigenvalue weighted by Gasteiger charge is 2.34. The van der Waals surface area contributed by atoms with Gasteiger partial charge in [-0.25, -0.2) is 8.42 Å². The average molecular weight is 370 g/mol. The molecule has 5 nitrogen and oxygen atoms in total. The summed E-state index contributed by atoms with van der Waals surface area (Å²) in [6.45, 7) is 9.24. The van der Waals surface area contributed by atoms with Crippen LogP contribution in [0.1, 0.15) is 79.1 Å². The predicted octanol–water partition coefficient (Wildman–Crippen LogP) is 4.47. The SMILES string of the molecule is CCCCC(CC)CN(CC(CC)CCCC)S(=O)(=O)C(C#N)C#N. The maximum absolute atomic E-state index is 12.8. The van der Waals surface area contributed by atoms with Gasteiger partial charge in [-0.1, -0.05) is 66.2 Å². The molecule has 0 heterocycles. The van der Waals surface area contributed by atoms with Gasteiger partial charge in [-0.15, -0.1) is 0 Å². The first kappa shape index (κ1) is 23.9. The first-order chi connectivity index (χ1) is 11.9. The topological polar surface area (TPSA) is 85.0 Å². The van der Waals surface area contributed by atoms with E-state index in [2.05, 4.69) is 27.7 Å². The summed E-state index contributed by atoms with van der Waals surface area (Å²) in [6.07, 6.45) is 8.07. The molecule has 0 saturated heterocycles. The molecule has 0 fully saturated rings. The van der Waals surface area contributed by atoms with Gasteiger partial charge in [0, 0.05) is 13.1 Å². The van der Waals surface area contributed by atoms with Crippen molar-refractivity contribution < 1.29 is 8.42 Å². The third-order valence-corrected chi connectivity index (χ3v) is 6.73. The highest BCUT2D eigenvalue weighted by atomic mass is 32.2. The van der Waals surface area contributed by atoms with E-state index in [9.17, 15) is 8.42 Å². The molecule has 0 aromatic heterocycles. The van der Waals surface area contributed by atoms with Crippen LogP contribution in [0.4, 0.5) is 0 Å². The fraction of sp³-hybridized carbons (Fsp3) is 0.895. The van der Waals surface area contributed by atoms with Crippen LogP contribution in [0.25, 0.3) is 0 Å². The van der Waals surface area contributed by atoms with Gasteiger partial charge in [0.25, 0.3) is 0 Å². The Hall–Kier alpha value is -1.11. The van der Waals surface area contributed by atoms with E-state index < -0.39 is 15.3 Å². The maximum Gasteiger partial charge on any atom is 0.247 e. The van der Waals surface area contributed by atoms with Crippen LogP contribution in [-0.2, 0) is 10.0 Å². The molecule has 25 heavy (non-hydrogen) atoms. The largest absolute Gasteiger partial charge is 0.247 e. The van der Waals surface area contributed by atoms with Crippen LogP contribution in [0.3, 0.4) is 0 Å². The quantitative estimate of drug-likeness (QED) is 0.452. The van der Waals surface area contributed by atoms with E-state index in [-0.39, 0.29) is 11.8 Å². The minimum absolute atomic E-state index is 0.274. The molecule has 2 unspecified atom stereocenters. The van der Waals surface area contributed by atoms with Crippen molar-refractivity contribution in [1.82, 2.24) is 4.31 Å². The Morgan fingerprint density at radius 3 is 1.52 bits per heavy atom. The third-order valence-electron chi connectivity index (χ3n) is 4.90. The molecule has 0 saturated carbocycles. The van der Waals surface area contributed by atoms with Crippen molar-refractivity contribution in [1.29, 1.82) is 10.5 Å². The first-order valence-corrected chi connectivity index (χ1v) is 11.2. The van der Waals surface area contributed by atoms with E-state index in [0.717, 1.165) is 51.4 Å². The van der Waals surface area contributed by atoms with E-state index in [0.29, 0.717) is 13.1 Å². The van der Waals surface area contributed by atoms with Gasteiger partial charge in [0.1, 0.15) is 0 Å². The molecule has 0 rings (SSSR count). The summed E-state index contributed by atoms with van der Waals surface area (Å²) in [5.41, 5.74) is 0. The molecule has 6 heteroatoms. The zero-order chi connectivity index (χ0) is 19.3. The molecule has 0 amide bonds. The summed E-state index contributed by atoms with van der Waals surface area (Å²) in [5, 5.41) is 16.6. The predicted molar refractivity (Wildman–Crippen MR) is 102 cm³/mol. The standard InChI is InChI=1S/C19H35N3O2S/c1-5-9-11-17(7-3)15-22(16-18(8-4)12-10-6-2)25(23,24)19(13-20)14-21/h17-19H,5-12,15-16H2,1-4H3. The molecule has 0 aliphatic rings. The second-order valence-electron chi connectivity index (χ2n) is 6.83. The summed E-state index contributed by atoms with van der Waals surface area (Å²) in [4.78, 5) is 0. The number of hydrogen-bond donors (Lipinski definition) is 0. The van der Waals surface area contributed by atoms with Crippen LogP contribution < -0.4 is 0 Å². The molecule has 2 atom stereocenters. The number of nitrogens with zero attached hydrogens (tertiary/aromatic N) is 3. The van der Waals surface area contributed by atoms with Crippen LogP contribution in [0, 0.1) is 34.5 Å². The van der Waals surface area contributed by atoms with Crippen LogP contribution in [0.5, 0.6) is 0 Å². The summed E-state index contributed by atoms with van der Waals surface area (Å²) >= 11 is 0. The zero-order valence-electron chi connectivity index (χ0n) is 16.4. The van der Waals surface area contributed by atoms with E-state index in [4.69, 9.17) is 10.5 Å². The Kier molecular flexibility index (Phi) is 12.6. The Morgan fingerprint density at radius 2 is 1.24 bits per heavy atom. The minimum Gasteiger partial charge on any atom is -0.210 e. The molecule has 0 aliphatic carbocycles. The van der Waals surface area contributed by atoms with Crippen LogP contribution in [-0.4, -0.2) is 31.1 Å². The van der Waals surface area contributed by atoms with E-state index in [1.807, 2.05) is 0 Å². The molecule has 0 aromatic rings. The molecule has 0 aliphatic heterocycles. The van der Waals surface area contributed by atoms with Gasteiger partial charge in [-0.2, -0.15) is 14.8 Å². The third kappa shape index (κ3) is 8.21. The average Bonchev–Trinajstić information content (AvgIpc) is 2.61. The van der Waals surface area contributed by atoms with Crippen LogP contribution >= 0.6 is 0 Å². The monoisotopic (exact) mass is 369 g/mol. The lowest BCUT2D eigenvalue weighted by Gasteiger charge is -2.30. The number of sulfonamides is 1. The Labute approximate surface area is 155 Å². The lowest BCUT2D eigenvalue weighted by atomic mass is 9.97. The Balaban J connectivity index is 5.42. The lowest BCUT2D eigenvalue weighted by Crippen LogP contribution is -2.43. The summed E-state index contributed by atoms with van der Waals surface area (Å²) in [6, 6.07) is 3.30. The van der Waals surface area contributed by atoms with Gasteiger partial charge in [0.05, 0.1) is 12.1 Å². The number of nitriles is 2. The van der Waals surface area contributed by atoms with E-state index in [1.165, 1.54) is 4.31 Å². The molecule has 0 bridgehead atoms. The second-order valence-corrected chi connectivity index (χ2v) is 8.85. The van der Waals surface area contributed by atoms with Gasteiger partial charge in [-0.05, 0) is 24.7 Å². The molecule has 0 spiro atoms. The highest BCUT2D eigenvalue weighted by Crippen LogP contribution is 2.22. The summed E-state index contributed by atoms with van der Waals surface area (Å²) in [7, 11) is -3.91. The zero-order valence-corrected chi connectivity index (χ0v) is 17.2. The van der Waals surface area contributed by atoms with Crippen molar-refractivity contribution in [2.24, 2.45) is 11.8 Å². The van der Waals surface area contributed by atoms with Gasteiger partial charge >= 0.3 is 0 Å². The van der Waals surface area contributed by atoms with E-state index in [1.54, 1.807) is 12.1 Å². The number of rotatable bonds is 14. The minimum atomic E-state index is -3.91. The summed E-state index contributed by atoms with van der Waals surface area (Å²) in [5.74, 6) is 0.549. The van der Waals surface area contributed by atoms with Crippen LogP contribution in [0.15, 0.2) is 0 Å². The fourth-order valence-corrected chi connectivity index (χ4v) is 4.41. The van der Waals surface area contributed by atoms with Gasteiger partial charge in [0.15, 0.2) is 0 Å². The highest BCUT2D eigenvalue weighted by molar-refractivity contribution is 7.90. The van der Waals surface area contributed by atoms with Crippen molar-refractivity contribution in [2.75, 3.05) is 13.1 Å². The van der Waals surface area contributed by atoms with Crippen molar-refractivity contribution >= 4 is 10.0 Å². The Morgan fingerprint density at radius 1 is 0.840 bits per heavy atom. The van der Waals surface area contributed by atoms with Crippen molar-refractivity contribution in [3.63, 3.8) is 0 Å². The normalized spacial score (nSPS) is 14.2. The molecular formula is C19H35N3O2S. The maximum atomic E-state index is 12.8. The molecule has 0 N–H and O–H groups in total. The molecular weight excluding hydrogens is 334 g/mol. The molecule has 0 radical (unpaired) electrons. The molecule has 0 aromatic carbocycles. The van der Waals surface area contributed by atoms with Gasteiger partial charge < -0.3 is 0 Å². The smallest absolute Gasteiger partial charge is 0.210 e. The van der Waals surface area contributed by atoms with E-state index >= 15 is 0 Å². The van der Waals surface area contributed by atoms with Crippen LogP contribution in [0.2, 0.25) is 0 Å². The number of hydrogen-bond acceptors (Lipinski definition) is 4. The van der Waals surface area contributed by atoms with Gasteiger partial charge in [-0.3, -0.25) is 0 Å². The first-order valence-electron chi connectivity index (χ1n) is 9.69. The molecule has 144 valence electrons. The van der Waals surface area contributed by atoms with Crippen molar-refractivity contribution in [3.8, 4) is 12.1 Å². The fourth-order valence-electron chi connectivity index (χ4n) is 3.00. The second kappa shape index (κ2) is 13.1. The summed E-state index contributed by atoms with van der Waals surface area (Å²) < 4.78 is 27.1. The Bertz CT molecular complexity index is 502. The van der Waals surface area contributed by atoms with Gasteiger partial charge in [0.2, 0.25) is 15.3 Å². The van der Waals surface area contributed by atoms with Crippen molar-refractivity contribution in [2.45, 2.75) is 84.3 Å². The van der Waals surface area contributed by atoms with Crippen molar-refractivity contribution in [3.05, 3.63) is 0 Å². The lowest BCUT2D eigenvalue weighted by molar-refractivity contribution is 0.270.